The minimum absolute atomic E-state index is 0.226. The van der Waals surface area contributed by atoms with Crippen LogP contribution in [0.4, 0.5) is 15.8 Å². The van der Waals surface area contributed by atoms with Crippen molar-refractivity contribution in [3.05, 3.63) is 59.4 Å². The molecule has 2 aromatic carbocycles. The van der Waals surface area contributed by atoms with Gasteiger partial charge in [0.05, 0.1) is 11.3 Å². The third-order valence-electron chi connectivity index (χ3n) is 3.24. The number of benzene rings is 2. The van der Waals surface area contributed by atoms with Gasteiger partial charge in [0.25, 0.3) is 5.91 Å². The molecule has 2 aromatic rings. The molecular formula is C16H18FN3O. The quantitative estimate of drug-likeness (QED) is 0.671. The number of carbonyl (C=O) groups excluding carboxylic acids is 1. The maximum Gasteiger partial charge on any atom is 0.260 e. The van der Waals surface area contributed by atoms with E-state index in [0.29, 0.717) is 23.5 Å². The molecule has 21 heavy (non-hydrogen) atoms. The van der Waals surface area contributed by atoms with Crippen LogP contribution in [0.3, 0.4) is 0 Å². The zero-order valence-electron chi connectivity index (χ0n) is 12.1. The van der Waals surface area contributed by atoms with Gasteiger partial charge in [-0.3, -0.25) is 10.6 Å². The normalized spacial score (nSPS) is 10.3. The summed E-state index contributed by atoms with van der Waals surface area (Å²) in [6.07, 6.45) is 0. The van der Waals surface area contributed by atoms with E-state index in [1.165, 1.54) is 17.0 Å². The molecule has 0 saturated heterocycles. The smallest absolute Gasteiger partial charge is 0.260 e. The molecule has 5 heteroatoms. The van der Waals surface area contributed by atoms with Gasteiger partial charge >= 0.3 is 0 Å². The maximum absolute atomic E-state index is 13.4. The molecule has 0 saturated carbocycles. The molecule has 0 radical (unpaired) electrons. The molecular weight excluding hydrogens is 269 g/mol. The molecule has 0 aliphatic carbocycles. The standard InChI is InChI=1S/C16H18FN3O/c1-3-20(13-6-4-5-12(17)10-13)16(21)14-8-7-11(2)9-15(14)19-18/h4-10,19H,3,18H2,1-2H3. The molecule has 1 amide bonds. The molecule has 0 unspecified atom stereocenters. The van der Waals surface area contributed by atoms with E-state index in [-0.39, 0.29) is 11.7 Å². The molecule has 0 bridgehead atoms. The highest BCUT2D eigenvalue weighted by Gasteiger charge is 2.19. The Morgan fingerprint density at radius 3 is 2.67 bits per heavy atom. The van der Waals surface area contributed by atoms with Gasteiger partial charge in [-0.2, -0.15) is 0 Å². The lowest BCUT2D eigenvalue weighted by Gasteiger charge is -2.22. The lowest BCUT2D eigenvalue weighted by Crippen LogP contribution is -2.31. The van der Waals surface area contributed by atoms with Crippen molar-refractivity contribution in [3.63, 3.8) is 0 Å². The van der Waals surface area contributed by atoms with E-state index in [0.717, 1.165) is 5.56 Å². The van der Waals surface area contributed by atoms with E-state index in [2.05, 4.69) is 5.43 Å². The van der Waals surface area contributed by atoms with Gasteiger partial charge in [-0.05, 0) is 49.7 Å². The maximum atomic E-state index is 13.4. The predicted molar refractivity (Wildman–Crippen MR) is 82.7 cm³/mol. The molecule has 2 rings (SSSR count). The fourth-order valence-electron chi connectivity index (χ4n) is 2.20. The summed E-state index contributed by atoms with van der Waals surface area (Å²) in [4.78, 5) is 14.2. The first kappa shape index (κ1) is 15.0. The molecule has 0 aliphatic rings. The van der Waals surface area contributed by atoms with E-state index in [4.69, 9.17) is 5.84 Å². The zero-order chi connectivity index (χ0) is 15.4. The Bertz CT molecular complexity index is 658. The Balaban J connectivity index is 2.41. The molecule has 0 aliphatic heterocycles. The van der Waals surface area contributed by atoms with Crippen LogP contribution in [-0.2, 0) is 0 Å². The van der Waals surface area contributed by atoms with Gasteiger partial charge in [0.1, 0.15) is 5.82 Å². The Kier molecular flexibility index (Phi) is 4.55. The van der Waals surface area contributed by atoms with E-state index in [1.807, 2.05) is 19.9 Å². The summed E-state index contributed by atoms with van der Waals surface area (Å²) >= 11 is 0. The number of nitrogens with one attached hydrogen (secondary N) is 1. The van der Waals surface area contributed by atoms with Crippen molar-refractivity contribution in [1.82, 2.24) is 0 Å². The Labute approximate surface area is 123 Å². The van der Waals surface area contributed by atoms with E-state index < -0.39 is 0 Å². The average Bonchev–Trinajstić information content (AvgIpc) is 2.47. The SMILES string of the molecule is CCN(C(=O)c1ccc(C)cc1NN)c1cccc(F)c1. The second-order valence-corrected chi connectivity index (χ2v) is 4.72. The molecule has 0 spiro atoms. The van der Waals surface area contributed by atoms with Crippen molar-refractivity contribution < 1.29 is 9.18 Å². The average molecular weight is 287 g/mol. The summed E-state index contributed by atoms with van der Waals surface area (Å²) in [6.45, 7) is 4.19. The van der Waals surface area contributed by atoms with E-state index in [9.17, 15) is 9.18 Å². The topological polar surface area (TPSA) is 58.4 Å². The number of hydrogen-bond acceptors (Lipinski definition) is 3. The Morgan fingerprint density at radius 1 is 1.29 bits per heavy atom. The molecule has 110 valence electrons. The van der Waals surface area contributed by atoms with Crippen LogP contribution in [0.1, 0.15) is 22.8 Å². The lowest BCUT2D eigenvalue weighted by molar-refractivity contribution is 0.0989. The van der Waals surface area contributed by atoms with Crippen LogP contribution in [0.25, 0.3) is 0 Å². The number of nitrogens with two attached hydrogens (primary N) is 1. The largest absolute Gasteiger partial charge is 0.323 e. The summed E-state index contributed by atoms with van der Waals surface area (Å²) in [5.74, 6) is 4.88. The second-order valence-electron chi connectivity index (χ2n) is 4.72. The van der Waals surface area contributed by atoms with Gasteiger partial charge in [-0.15, -0.1) is 0 Å². The number of hydrazine groups is 1. The van der Waals surface area contributed by atoms with Crippen LogP contribution in [0.2, 0.25) is 0 Å². The number of amides is 1. The molecule has 4 nitrogen and oxygen atoms in total. The Hall–Kier alpha value is -2.40. The highest BCUT2D eigenvalue weighted by Crippen LogP contribution is 2.23. The lowest BCUT2D eigenvalue weighted by atomic mass is 10.1. The third-order valence-corrected chi connectivity index (χ3v) is 3.24. The summed E-state index contributed by atoms with van der Waals surface area (Å²) in [5.41, 5.74) is 5.05. The first-order valence-electron chi connectivity index (χ1n) is 6.71. The second kappa shape index (κ2) is 6.37. The first-order chi connectivity index (χ1) is 10.1. The molecule has 0 atom stereocenters. The number of carbonyl (C=O) groups is 1. The summed E-state index contributed by atoms with van der Waals surface area (Å²) in [7, 11) is 0. The van der Waals surface area contributed by atoms with E-state index >= 15 is 0 Å². The highest BCUT2D eigenvalue weighted by molar-refractivity contribution is 6.09. The van der Waals surface area contributed by atoms with Gasteiger partial charge < -0.3 is 10.3 Å². The number of anilines is 2. The number of hydrogen-bond donors (Lipinski definition) is 2. The summed E-state index contributed by atoms with van der Waals surface area (Å²) < 4.78 is 13.4. The third kappa shape index (κ3) is 3.20. The van der Waals surface area contributed by atoms with Gasteiger partial charge in [-0.25, -0.2) is 4.39 Å². The fraction of sp³-hybridized carbons (Fsp3) is 0.188. The van der Waals surface area contributed by atoms with Gasteiger partial charge in [-0.1, -0.05) is 12.1 Å². The monoisotopic (exact) mass is 287 g/mol. The molecule has 3 N–H and O–H groups in total. The van der Waals surface area contributed by atoms with Crippen LogP contribution >= 0.6 is 0 Å². The van der Waals surface area contributed by atoms with Crippen molar-refractivity contribution in [3.8, 4) is 0 Å². The van der Waals surface area contributed by atoms with Crippen molar-refractivity contribution in [2.45, 2.75) is 13.8 Å². The number of halogens is 1. The fourth-order valence-corrected chi connectivity index (χ4v) is 2.20. The van der Waals surface area contributed by atoms with Crippen LogP contribution < -0.4 is 16.2 Å². The van der Waals surface area contributed by atoms with Gasteiger partial charge in [0, 0.05) is 12.2 Å². The zero-order valence-corrected chi connectivity index (χ0v) is 12.1. The summed E-state index contributed by atoms with van der Waals surface area (Å²) in [6, 6.07) is 11.3. The minimum Gasteiger partial charge on any atom is -0.323 e. The van der Waals surface area contributed by atoms with Gasteiger partial charge in [0.15, 0.2) is 0 Å². The number of aryl methyl sites for hydroxylation is 1. The number of rotatable bonds is 4. The first-order valence-corrected chi connectivity index (χ1v) is 6.71. The highest BCUT2D eigenvalue weighted by atomic mass is 19.1. The predicted octanol–water partition coefficient (Wildman–Crippen LogP) is 3.09. The van der Waals surface area contributed by atoms with Crippen molar-refractivity contribution in [1.29, 1.82) is 0 Å². The summed E-state index contributed by atoms with van der Waals surface area (Å²) in [5, 5.41) is 0. The van der Waals surface area contributed by atoms with Crippen molar-refractivity contribution >= 4 is 17.3 Å². The van der Waals surface area contributed by atoms with Crippen LogP contribution in [0.5, 0.6) is 0 Å². The Morgan fingerprint density at radius 2 is 2.05 bits per heavy atom. The van der Waals surface area contributed by atoms with Gasteiger partial charge in [0.2, 0.25) is 0 Å². The van der Waals surface area contributed by atoms with Crippen LogP contribution in [0, 0.1) is 12.7 Å². The van der Waals surface area contributed by atoms with Crippen LogP contribution in [0.15, 0.2) is 42.5 Å². The minimum atomic E-state index is -0.375. The van der Waals surface area contributed by atoms with Crippen molar-refractivity contribution in [2.75, 3.05) is 16.9 Å². The molecule has 0 heterocycles. The van der Waals surface area contributed by atoms with E-state index in [1.54, 1.807) is 24.3 Å². The number of nitrogens with zero attached hydrogens (tertiary/aromatic N) is 1. The molecule has 0 fully saturated rings. The number of nitrogen functional groups attached to an aromatic ring is 1. The molecule has 0 aromatic heterocycles. The van der Waals surface area contributed by atoms with Crippen molar-refractivity contribution in [2.24, 2.45) is 5.84 Å². The van der Waals surface area contributed by atoms with Crippen LogP contribution in [-0.4, -0.2) is 12.5 Å².